The van der Waals surface area contributed by atoms with Crippen LogP contribution in [0.2, 0.25) is 4.34 Å². The number of rotatable bonds is 4. The molecule has 1 aromatic carbocycles. The summed E-state index contributed by atoms with van der Waals surface area (Å²) < 4.78 is 0.840. The molecule has 4 heteroatoms. The number of nitrogens with two attached hydrogens (primary N) is 1. The van der Waals surface area contributed by atoms with Crippen molar-refractivity contribution in [2.24, 2.45) is 5.73 Å². The second-order valence-corrected chi connectivity index (χ2v) is 6.38. The molecule has 2 nitrogen and oxygen atoms in total. The number of nitrogens with zero attached hydrogens (tertiary/aromatic N) is 1. The fraction of sp³-hybridized carbons (Fsp3) is 0.250. The third kappa shape index (κ3) is 4.66. The molecule has 0 saturated heterocycles. The lowest BCUT2D eigenvalue weighted by Crippen LogP contribution is -2.16. The van der Waals surface area contributed by atoms with Gasteiger partial charge in [-0.25, -0.2) is 0 Å². The SMILES string of the molecule is CN(Cc1cccc(C#CCN)c1)Cc1ccc(Cl)s1. The third-order valence-corrected chi connectivity index (χ3v) is 3.98. The fourth-order valence-corrected chi connectivity index (χ4v) is 3.14. The Bertz CT molecular complexity index is 625. The minimum Gasteiger partial charge on any atom is -0.320 e. The van der Waals surface area contributed by atoms with Crippen LogP contribution in [0.25, 0.3) is 0 Å². The molecule has 104 valence electrons. The monoisotopic (exact) mass is 304 g/mol. The van der Waals surface area contributed by atoms with Crippen LogP contribution in [0.5, 0.6) is 0 Å². The normalized spacial score (nSPS) is 10.4. The van der Waals surface area contributed by atoms with E-state index < -0.39 is 0 Å². The van der Waals surface area contributed by atoms with Crippen LogP contribution in [-0.2, 0) is 13.1 Å². The second-order valence-electron chi connectivity index (χ2n) is 4.58. The van der Waals surface area contributed by atoms with Gasteiger partial charge in [0.25, 0.3) is 0 Å². The van der Waals surface area contributed by atoms with E-state index in [0.29, 0.717) is 6.54 Å². The van der Waals surface area contributed by atoms with Gasteiger partial charge in [-0.15, -0.1) is 11.3 Å². The van der Waals surface area contributed by atoms with Gasteiger partial charge in [0.2, 0.25) is 0 Å². The van der Waals surface area contributed by atoms with E-state index in [1.54, 1.807) is 11.3 Å². The highest BCUT2D eigenvalue weighted by molar-refractivity contribution is 7.16. The molecule has 0 radical (unpaired) electrons. The Kier molecular flexibility index (Phi) is 5.63. The molecule has 20 heavy (non-hydrogen) atoms. The summed E-state index contributed by atoms with van der Waals surface area (Å²) in [5.74, 6) is 5.94. The molecule has 1 aromatic heterocycles. The average Bonchev–Trinajstić information content (AvgIpc) is 2.82. The standard InChI is InChI=1S/C16H17ClN2S/c1-19(12-15-7-8-16(17)20-15)11-14-5-2-4-13(10-14)6-3-9-18/h2,4-5,7-8,10H,9,11-12,18H2,1H3. The van der Waals surface area contributed by atoms with Gasteiger partial charge in [0.05, 0.1) is 10.9 Å². The Balaban J connectivity index is 1.98. The molecule has 2 N–H and O–H groups in total. The number of halogens is 1. The Morgan fingerprint density at radius 1 is 1.25 bits per heavy atom. The van der Waals surface area contributed by atoms with Gasteiger partial charge in [-0.05, 0) is 36.9 Å². The van der Waals surface area contributed by atoms with Gasteiger partial charge >= 0.3 is 0 Å². The van der Waals surface area contributed by atoms with E-state index in [4.69, 9.17) is 17.3 Å². The van der Waals surface area contributed by atoms with E-state index in [9.17, 15) is 0 Å². The molecule has 0 aliphatic carbocycles. The van der Waals surface area contributed by atoms with Crippen LogP contribution >= 0.6 is 22.9 Å². The minimum absolute atomic E-state index is 0.392. The third-order valence-electron chi connectivity index (χ3n) is 2.77. The van der Waals surface area contributed by atoms with Crippen molar-refractivity contribution in [2.75, 3.05) is 13.6 Å². The summed E-state index contributed by atoms with van der Waals surface area (Å²) in [5, 5.41) is 0. The molecule has 0 amide bonds. The highest BCUT2D eigenvalue weighted by Crippen LogP contribution is 2.22. The van der Waals surface area contributed by atoms with Crippen molar-refractivity contribution >= 4 is 22.9 Å². The Morgan fingerprint density at radius 3 is 2.80 bits per heavy atom. The molecule has 0 aliphatic heterocycles. The van der Waals surface area contributed by atoms with Crippen LogP contribution in [0.1, 0.15) is 16.0 Å². The first-order chi connectivity index (χ1) is 9.67. The molecule has 0 bridgehead atoms. The van der Waals surface area contributed by atoms with Crippen LogP contribution in [-0.4, -0.2) is 18.5 Å². The zero-order valence-electron chi connectivity index (χ0n) is 11.4. The molecule has 0 aliphatic rings. The summed E-state index contributed by atoms with van der Waals surface area (Å²) in [6.07, 6.45) is 0. The maximum Gasteiger partial charge on any atom is 0.0931 e. The smallest absolute Gasteiger partial charge is 0.0931 e. The molecule has 0 saturated carbocycles. The fourth-order valence-electron chi connectivity index (χ4n) is 1.97. The van der Waals surface area contributed by atoms with Crippen molar-refractivity contribution in [3.8, 4) is 11.8 Å². The van der Waals surface area contributed by atoms with Crippen LogP contribution in [0.15, 0.2) is 36.4 Å². The van der Waals surface area contributed by atoms with E-state index in [2.05, 4.69) is 42.0 Å². The number of benzene rings is 1. The minimum atomic E-state index is 0.392. The van der Waals surface area contributed by atoms with Crippen LogP contribution in [0.4, 0.5) is 0 Å². The van der Waals surface area contributed by atoms with Gasteiger partial charge in [0, 0.05) is 23.5 Å². The molecule has 1 heterocycles. The van der Waals surface area contributed by atoms with Crippen LogP contribution < -0.4 is 5.73 Å². The highest BCUT2D eigenvalue weighted by atomic mass is 35.5. The van der Waals surface area contributed by atoms with Crippen molar-refractivity contribution in [2.45, 2.75) is 13.1 Å². The molecule has 0 spiro atoms. The van der Waals surface area contributed by atoms with Gasteiger partial charge in [-0.1, -0.05) is 35.6 Å². The first-order valence-corrected chi connectivity index (χ1v) is 7.57. The summed E-state index contributed by atoms with van der Waals surface area (Å²) in [7, 11) is 2.10. The first kappa shape index (κ1) is 15.1. The lowest BCUT2D eigenvalue weighted by atomic mass is 10.1. The maximum atomic E-state index is 5.95. The van der Waals surface area contributed by atoms with Gasteiger partial charge < -0.3 is 5.73 Å². The number of hydrogen-bond donors (Lipinski definition) is 1. The predicted octanol–water partition coefficient (Wildman–Crippen LogP) is 3.34. The largest absolute Gasteiger partial charge is 0.320 e. The summed E-state index contributed by atoms with van der Waals surface area (Å²) in [4.78, 5) is 3.54. The quantitative estimate of drug-likeness (QED) is 0.878. The van der Waals surface area contributed by atoms with Crippen molar-refractivity contribution in [3.63, 3.8) is 0 Å². The van der Waals surface area contributed by atoms with Gasteiger partial charge in [0.1, 0.15) is 0 Å². The Labute approximate surface area is 129 Å². The topological polar surface area (TPSA) is 29.3 Å². The van der Waals surface area contributed by atoms with Crippen LogP contribution in [0.3, 0.4) is 0 Å². The molecule has 0 fully saturated rings. The summed E-state index contributed by atoms with van der Waals surface area (Å²) in [5.41, 5.74) is 7.66. The van der Waals surface area contributed by atoms with Crippen molar-refractivity contribution in [1.82, 2.24) is 4.90 Å². The number of thiophene rings is 1. The van der Waals surface area contributed by atoms with E-state index in [0.717, 1.165) is 23.0 Å². The van der Waals surface area contributed by atoms with E-state index in [1.807, 2.05) is 18.2 Å². The van der Waals surface area contributed by atoms with Gasteiger partial charge in [0.15, 0.2) is 0 Å². The predicted molar refractivity (Wildman–Crippen MR) is 86.9 cm³/mol. The molecular weight excluding hydrogens is 288 g/mol. The number of hydrogen-bond acceptors (Lipinski definition) is 3. The first-order valence-electron chi connectivity index (χ1n) is 6.38. The summed E-state index contributed by atoms with van der Waals surface area (Å²) in [6.45, 7) is 2.17. The average molecular weight is 305 g/mol. The lowest BCUT2D eigenvalue weighted by Gasteiger charge is -2.15. The molecule has 2 rings (SSSR count). The summed E-state index contributed by atoms with van der Waals surface area (Å²) >= 11 is 7.58. The van der Waals surface area contributed by atoms with E-state index in [1.165, 1.54) is 10.4 Å². The van der Waals surface area contributed by atoms with Crippen molar-refractivity contribution in [3.05, 3.63) is 56.7 Å². The lowest BCUT2D eigenvalue weighted by molar-refractivity contribution is 0.322. The maximum absolute atomic E-state index is 5.95. The second kappa shape index (κ2) is 7.47. The van der Waals surface area contributed by atoms with Crippen molar-refractivity contribution in [1.29, 1.82) is 0 Å². The van der Waals surface area contributed by atoms with Crippen molar-refractivity contribution < 1.29 is 0 Å². The molecular formula is C16H17ClN2S. The zero-order chi connectivity index (χ0) is 14.4. The Morgan fingerprint density at radius 2 is 2.10 bits per heavy atom. The van der Waals surface area contributed by atoms with Gasteiger partial charge in [-0.2, -0.15) is 0 Å². The molecule has 0 unspecified atom stereocenters. The van der Waals surface area contributed by atoms with Gasteiger partial charge in [-0.3, -0.25) is 4.90 Å². The molecule has 2 aromatic rings. The Hall–Kier alpha value is -1.31. The highest BCUT2D eigenvalue weighted by Gasteiger charge is 2.04. The van der Waals surface area contributed by atoms with E-state index in [-0.39, 0.29) is 0 Å². The van der Waals surface area contributed by atoms with Crippen LogP contribution in [0, 0.1) is 11.8 Å². The summed E-state index contributed by atoms with van der Waals surface area (Å²) in [6, 6.07) is 12.3. The van der Waals surface area contributed by atoms with E-state index >= 15 is 0 Å². The molecule has 0 atom stereocenters. The zero-order valence-corrected chi connectivity index (χ0v) is 13.0.